The maximum absolute atomic E-state index is 13.5. The molecule has 1 N–H and O–H groups in total. The molecule has 1 atom stereocenters. The highest BCUT2D eigenvalue weighted by Crippen LogP contribution is 2.41. The van der Waals surface area contributed by atoms with Crippen LogP contribution in [-0.2, 0) is 6.18 Å². The van der Waals surface area contributed by atoms with Crippen molar-refractivity contribution in [3.8, 4) is 5.75 Å². The smallest absolute Gasteiger partial charge is 0.417 e. The Kier molecular flexibility index (Phi) is 6.91. The highest BCUT2D eigenvalue weighted by molar-refractivity contribution is 9.10. The average Bonchev–Trinajstić information content (AvgIpc) is 2.92. The molecule has 0 spiro atoms. The van der Waals surface area contributed by atoms with Crippen molar-refractivity contribution in [1.82, 2.24) is 10.2 Å². The van der Waals surface area contributed by atoms with Gasteiger partial charge in [-0.05, 0) is 48.9 Å². The van der Waals surface area contributed by atoms with Gasteiger partial charge in [-0.1, -0.05) is 33.6 Å². The van der Waals surface area contributed by atoms with E-state index in [2.05, 4.69) is 26.1 Å². The topological polar surface area (TPSA) is 24.5 Å². The maximum atomic E-state index is 13.5. The first-order valence-electron chi connectivity index (χ1n) is 8.96. The van der Waals surface area contributed by atoms with Crippen molar-refractivity contribution in [2.24, 2.45) is 0 Å². The van der Waals surface area contributed by atoms with Crippen LogP contribution in [0.4, 0.5) is 13.2 Å². The van der Waals surface area contributed by atoms with E-state index < -0.39 is 11.7 Å². The Bertz CT molecular complexity index is 824. The van der Waals surface area contributed by atoms with E-state index in [1.54, 1.807) is 13.2 Å². The molecule has 152 valence electrons. The third-order valence-electron chi connectivity index (χ3n) is 4.84. The van der Waals surface area contributed by atoms with E-state index in [1.165, 1.54) is 6.07 Å². The summed E-state index contributed by atoms with van der Waals surface area (Å²) in [6, 6.07) is 9.35. The molecular weight excluding hydrogens is 457 g/mol. The molecule has 2 aromatic carbocycles. The van der Waals surface area contributed by atoms with Crippen LogP contribution in [0.5, 0.6) is 5.75 Å². The Labute approximate surface area is 175 Å². The molecule has 0 bridgehead atoms. The zero-order chi connectivity index (χ0) is 20.3. The van der Waals surface area contributed by atoms with Crippen LogP contribution in [0.25, 0.3) is 0 Å². The molecule has 1 unspecified atom stereocenters. The minimum absolute atomic E-state index is 0.297. The van der Waals surface area contributed by atoms with Crippen LogP contribution < -0.4 is 10.1 Å². The standard InChI is InChI=1S/C20H21BrClF3N2O/c1-28-18-6-4-14(21)12-15(18)19(27-9-2-7-26-8-10-27)13-3-5-17(22)16(11-13)20(23,24)25/h3-6,11-12,19,26H,2,7-10H2,1H3. The van der Waals surface area contributed by atoms with Gasteiger partial charge in [0.1, 0.15) is 5.75 Å². The van der Waals surface area contributed by atoms with Crippen LogP contribution in [0.2, 0.25) is 5.02 Å². The van der Waals surface area contributed by atoms with E-state index in [-0.39, 0.29) is 11.1 Å². The number of nitrogens with zero attached hydrogens (tertiary/aromatic N) is 1. The van der Waals surface area contributed by atoms with Gasteiger partial charge in [0.25, 0.3) is 0 Å². The fourth-order valence-corrected chi connectivity index (χ4v) is 4.16. The fourth-order valence-electron chi connectivity index (χ4n) is 3.56. The van der Waals surface area contributed by atoms with Crippen LogP contribution in [0, 0.1) is 0 Å². The summed E-state index contributed by atoms with van der Waals surface area (Å²) < 4.78 is 46.8. The predicted octanol–water partition coefficient (Wildman–Crippen LogP) is 5.51. The fraction of sp³-hybridized carbons (Fsp3) is 0.400. The van der Waals surface area contributed by atoms with Gasteiger partial charge in [-0.25, -0.2) is 0 Å². The number of hydrogen-bond donors (Lipinski definition) is 1. The number of methoxy groups -OCH3 is 1. The number of hydrogen-bond acceptors (Lipinski definition) is 3. The number of alkyl halides is 3. The molecule has 1 aliphatic rings. The van der Waals surface area contributed by atoms with E-state index >= 15 is 0 Å². The molecule has 1 fully saturated rings. The predicted molar refractivity (Wildman–Crippen MR) is 108 cm³/mol. The van der Waals surface area contributed by atoms with Crippen LogP contribution in [-0.4, -0.2) is 38.2 Å². The summed E-state index contributed by atoms with van der Waals surface area (Å²) in [4.78, 5) is 2.19. The number of halogens is 5. The van der Waals surface area contributed by atoms with Gasteiger partial charge in [0.2, 0.25) is 0 Å². The molecule has 28 heavy (non-hydrogen) atoms. The molecule has 2 aromatic rings. The Morgan fingerprint density at radius 3 is 2.64 bits per heavy atom. The molecule has 1 heterocycles. The Morgan fingerprint density at radius 1 is 1.14 bits per heavy atom. The van der Waals surface area contributed by atoms with Crippen molar-refractivity contribution in [2.75, 3.05) is 33.3 Å². The average molecular weight is 478 g/mol. The van der Waals surface area contributed by atoms with Crippen LogP contribution in [0.1, 0.15) is 29.2 Å². The van der Waals surface area contributed by atoms with Crippen molar-refractivity contribution >= 4 is 27.5 Å². The van der Waals surface area contributed by atoms with Gasteiger partial charge >= 0.3 is 6.18 Å². The van der Waals surface area contributed by atoms with Gasteiger partial charge in [0.15, 0.2) is 0 Å². The van der Waals surface area contributed by atoms with E-state index in [4.69, 9.17) is 16.3 Å². The van der Waals surface area contributed by atoms with Crippen molar-refractivity contribution in [3.05, 3.63) is 62.6 Å². The van der Waals surface area contributed by atoms with Crippen molar-refractivity contribution in [3.63, 3.8) is 0 Å². The van der Waals surface area contributed by atoms with E-state index in [0.29, 0.717) is 17.9 Å². The molecule has 1 saturated heterocycles. The number of ether oxygens (including phenoxy) is 1. The maximum Gasteiger partial charge on any atom is 0.417 e. The number of nitrogens with one attached hydrogen (secondary N) is 1. The van der Waals surface area contributed by atoms with E-state index in [0.717, 1.165) is 42.2 Å². The summed E-state index contributed by atoms with van der Waals surface area (Å²) in [5, 5.41) is 3.04. The SMILES string of the molecule is COc1ccc(Br)cc1C(c1ccc(Cl)c(C(F)(F)F)c1)N1CCCNCC1. The number of benzene rings is 2. The van der Waals surface area contributed by atoms with Crippen LogP contribution >= 0.6 is 27.5 Å². The summed E-state index contributed by atoms with van der Waals surface area (Å²) in [6.07, 6.45) is -3.61. The molecule has 1 aliphatic heterocycles. The molecule has 0 aliphatic carbocycles. The molecule has 8 heteroatoms. The van der Waals surface area contributed by atoms with E-state index in [9.17, 15) is 13.2 Å². The second-order valence-electron chi connectivity index (χ2n) is 6.67. The zero-order valence-corrected chi connectivity index (χ0v) is 17.7. The third-order valence-corrected chi connectivity index (χ3v) is 5.66. The first kappa shape index (κ1) is 21.4. The van der Waals surface area contributed by atoms with Gasteiger partial charge < -0.3 is 10.1 Å². The highest BCUT2D eigenvalue weighted by atomic mass is 79.9. The second kappa shape index (κ2) is 9.03. The second-order valence-corrected chi connectivity index (χ2v) is 7.99. The Hall–Kier alpha value is -1.28. The first-order valence-corrected chi connectivity index (χ1v) is 10.1. The quantitative estimate of drug-likeness (QED) is 0.628. The van der Waals surface area contributed by atoms with Gasteiger partial charge in [-0.3, -0.25) is 4.90 Å². The van der Waals surface area contributed by atoms with Crippen molar-refractivity contribution in [2.45, 2.75) is 18.6 Å². The molecule has 0 amide bonds. The van der Waals surface area contributed by atoms with Crippen molar-refractivity contribution < 1.29 is 17.9 Å². The van der Waals surface area contributed by atoms with E-state index in [1.807, 2.05) is 18.2 Å². The largest absolute Gasteiger partial charge is 0.496 e. The highest BCUT2D eigenvalue weighted by Gasteiger charge is 2.35. The molecule has 0 radical (unpaired) electrons. The number of rotatable bonds is 4. The van der Waals surface area contributed by atoms with Gasteiger partial charge in [-0.15, -0.1) is 0 Å². The lowest BCUT2D eigenvalue weighted by atomic mass is 9.94. The summed E-state index contributed by atoms with van der Waals surface area (Å²) in [6.45, 7) is 3.13. The van der Waals surface area contributed by atoms with Gasteiger partial charge in [0.05, 0.1) is 23.7 Å². The lowest BCUT2D eigenvalue weighted by molar-refractivity contribution is -0.137. The Morgan fingerprint density at radius 2 is 1.93 bits per heavy atom. The van der Waals surface area contributed by atoms with Crippen molar-refractivity contribution in [1.29, 1.82) is 0 Å². The first-order chi connectivity index (χ1) is 13.3. The van der Waals surface area contributed by atoms with Crippen LogP contribution in [0.3, 0.4) is 0 Å². The minimum Gasteiger partial charge on any atom is -0.496 e. The molecule has 3 rings (SSSR count). The minimum atomic E-state index is -4.51. The summed E-state index contributed by atoms with van der Waals surface area (Å²) in [7, 11) is 1.57. The lowest BCUT2D eigenvalue weighted by Crippen LogP contribution is -2.33. The zero-order valence-electron chi connectivity index (χ0n) is 15.3. The normalized spacial score (nSPS) is 17.2. The Balaban J connectivity index is 2.16. The molecular formula is C20H21BrClF3N2O. The molecule has 0 aromatic heterocycles. The third kappa shape index (κ3) is 4.82. The monoisotopic (exact) mass is 476 g/mol. The summed E-state index contributed by atoms with van der Waals surface area (Å²) in [5.41, 5.74) is 0.530. The van der Waals surface area contributed by atoms with Gasteiger partial charge in [-0.2, -0.15) is 13.2 Å². The molecule has 0 saturated carbocycles. The van der Waals surface area contributed by atoms with Crippen LogP contribution in [0.15, 0.2) is 40.9 Å². The summed E-state index contributed by atoms with van der Waals surface area (Å²) >= 11 is 9.33. The van der Waals surface area contributed by atoms with Gasteiger partial charge in [0, 0.05) is 29.7 Å². The lowest BCUT2D eigenvalue weighted by Gasteiger charge is -2.32. The summed E-state index contributed by atoms with van der Waals surface area (Å²) in [5.74, 6) is 0.633. The molecule has 3 nitrogen and oxygen atoms in total.